The van der Waals surface area contributed by atoms with E-state index in [2.05, 4.69) is 10.6 Å². The van der Waals surface area contributed by atoms with Crippen LogP contribution in [-0.4, -0.2) is 46.9 Å². The minimum absolute atomic E-state index is 0.0476. The predicted octanol–water partition coefficient (Wildman–Crippen LogP) is -0.468. The Morgan fingerprint density at radius 1 is 1.00 bits per heavy atom. The van der Waals surface area contributed by atoms with E-state index >= 15 is 0 Å². The Bertz CT molecular complexity index is 693. The summed E-state index contributed by atoms with van der Waals surface area (Å²) in [7, 11) is 0. The van der Waals surface area contributed by atoms with Gasteiger partial charge < -0.3 is 27.2 Å². The molecule has 7 N–H and O–H groups in total. The molecule has 1 aromatic rings. The largest absolute Gasteiger partial charge is 0.480 e. The van der Waals surface area contributed by atoms with Crippen LogP contribution >= 0.6 is 0 Å². The average Bonchev–Trinajstić information content (AvgIpc) is 2.60. The van der Waals surface area contributed by atoms with Crippen molar-refractivity contribution in [3.8, 4) is 0 Å². The zero-order valence-corrected chi connectivity index (χ0v) is 16.1. The monoisotopic (exact) mass is 392 g/mol. The van der Waals surface area contributed by atoms with Crippen molar-refractivity contribution in [3.05, 3.63) is 35.9 Å². The number of benzene rings is 1. The molecule has 0 radical (unpaired) electrons. The molecule has 0 saturated carbocycles. The van der Waals surface area contributed by atoms with E-state index in [1.807, 2.05) is 13.8 Å². The third-order valence-corrected chi connectivity index (χ3v) is 4.00. The lowest BCUT2D eigenvalue weighted by atomic mass is 10.0. The first kappa shape index (κ1) is 23.1. The van der Waals surface area contributed by atoms with Crippen LogP contribution in [0.2, 0.25) is 0 Å². The molecule has 1 rings (SSSR count). The fourth-order valence-corrected chi connectivity index (χ4v) is 2.63. The van der Waals surface area contributed by atoms with Crippen molar-refractivity contribution < 1.29 is 24.3 Å². The maximum absolute atomic E-state index is 12.5. The van der Waals surface area contributed by atoms with Gasteiger partial charge in [-0.15, -0.1) is 0 Å². The van der Waals surface area contributed by atoms with Crippen molar-refractivity contribution in [2.75, 3.05) is 0 Å². The van der Waals surface area contributed by atoms with E-state index in [0.717, 1.165) is 0 Å². The Kier molecular flexibility index (Phi) is 9.10. The summed E-state index contributed by atoms with van der Waals surface area (Å²) < 4.78 is 0. The topological polar surface area (TPSA) is 165 Å². The molecule has 0 fully saturated rings. The molecule has 0 aliphatic heterocycles. The molecule has 0 aromatic heterocycles. The molecule has 3 atom stereocenters. The molecule has 0 heterocycles. The number of hydrogen-bond acceptors (Lipinski definition) is 5. The molecule has 0 bridgehead atoms. The van der Waals surface area contributed by atoms with Crippen LogP contribution < -0.4 is 22.1 Å². The number of rotatable bonds is 11. The molecule has 154 valence electrons. The van der Waals surface area contributed by atoms with Gasteiger partial charge in [-0.2, -0.15) is 0 Å². The van der Waals surface area contributed by atoms with Gasteiger partial charge in [0.05, 0.1) is 12.5 Å². The second kappa shape index (κ2) is 11.0. The summed E-state index contributed by atoms with van der Waals surface area (Å²) >= 11 is 0. The molecule has 28 heavy (non-hydrogen) atoms. The highest BCUT2D eigenvalue weighted by atomic mass is 16.4. The molecule has 0 aliphatic carbocycles. The van der Waals surface area contributed by atoms with Gasteiger partial charge in [0.1, 0.15) is 12.1 Å². The molecule has 0 aliphatic rings. The Labute approximate surface area is 163 Å². The minimum Gasteiger partial charge on any atom is -0.480 e. The van der Waals surface area contributed by atoms with Gasteiger partial charge in [0.2, 0.25) is 17.7 Å². The fourth-order valence-electron chi connectivity index (χ4n) is 2.63. The maximum Gasteiger partial charge on any atom is 0.326 e. The Morgan fingerprint density at radius 2 is 1.57 bits per heavy atom. The summed E-state index contributed by atoms with van der Waals surface area (Å²) in [5.74, 6) is -3.31. The van der Waals surface area contributed by atoms with E-state index in [1.54, 1.807) is 30.3 Å². The number of carboxylic acid groups (broad SMARTS) is 1. The molecule has 1 aromatic carbocycles. The summed E-state index contributed by atoms with van der Waals surface area (Å²) in [6.45, 7) is 3.78. The predicted molar refractivity (Wildman–Crippen MR) is 103 cm³/mol. The van der Waals surface area contributed by atoms with Crippen molar-refractivity contribution in [3.63, 3.8) is 0 Å². The van der Waals surface area contributed by atoms with Crippen LogP contribution in [0.4, 0.5) is 0 Å². The SMILES string of the molecule is CC(C)C[C@H](N)C(=O)N[C@@H](CC(N)=O)C(=O)N[C@@H](Cc1ccccc1)C(=O)O. The van der Waals surface area contributed by atoms with Crippen LogP contribution in [0, 0.1) is 5.92 Å². The zero-order valence-electron chi connectivity index (χ0n) is 16.1. The van der Waals surface area contributed by atoms with Crippen LogP contribution in [0.5, 0.6) is 0 Å². The maximum atomic E-state index is 12.5. The highest BCUT2D eigenvalue weighted by Crippen LogP contribution is 2.06. The number of carbonyl (C=O) groups excluding carboxylic acids is 3. The van der Waals surface area contributed by atoms with Crippen LogP contribution in [0.15, 0.2) is 30.3 Å². The Morgan fingerprint density at radius 3 is 2.07 bits per heavy atom. The van der Waals surface area contributed by atoms with Crippen molar-refractivity contribution in [2.45, 2.75) is 51.2 Å². The number of carboxylic acids is 1. The van der Waals surface area contributed by atoms with E-state index < -0.39 is 48.2 Å². The minimum atomic E-state index is -1.30. The molecule has 0 unspecified atom stereocenters. The van der Waals surface area contributed by atoms with Crippen LogP contribution in [0.3, 0.4) is 0 Å². The summed E-state index contributed by atoms with van der Waals surface area (Å²) in [5, 5.41) is 14.1. The number of primary amides is 1. The van der Waals surface area contributed by atoms with E-state index in [-0.39, 0.29) is 12.3 Å². The summed E-state index contributed by atoms with van der Waals surface area (Å²) in [6.07, 6.45) is -0.0296. The zero-order chi connectivity index (χ0) is 21.3. The smallest absolute Gasteiger partial charge is 0.326 e. The molecule has 0 spiro atoms. The number of nitrogens with two attached hydrogens (primary N) is 2. The number of amides is 3. The Hall–Kier alpha value is -2.94. The van der Waals surface area contributed by atoms with Crippen molar-refractivity contribution in [1.29, 1.82) is 0 Å². The van der Waals surface area contributed by atoms with Crippen molar-refractivity contribution in [2.24, 2.45) is 17.4 Å². The van der Waals surface area contributed by atoms with Gasteiger partial charge in [-0.25, -0.2) is 4.79 Å². The quantitative estimate of drug-likeness (QED) is 0.342. The van der Waals surface area contributed by atoms with Gasteiger partial charge >= 0.3 is 5.97 Å². The van der Waals surface area contributed by atoms with Crippen LogP contribution in [0.1, 0.15) is 32.3 Å². The van der Waals surface area contributed by atoms with Gasteiger partial charge in [-0.1, -0.05) is 44.2 Å². The van der Waals surface area contributed by atoms with Crippen LogP contribution in [-0.2, 0) is 25.6 Å². The third kappa shape index (κ3) is 8.17. The van der Waals surface area contributed by atoms with E-state index in [4.69, 9.17) is 11.5 Å². The lowest BCUT2D eigenvalue weighted by molar-refractivity contribution is -0.142. The molecule has 3 amide bonds. The van der Waals surface area contributed by atoms with E-state index in [9.17, 15) is 24.3 Å². The van der Waals surface area contributed by atoms with Crippen LogP contribution in [0.25, 0.3) is 0 Å². The molecular formula is C19H28N4O5. The first-order valence-corrected chi connectivity index (χ1v) is 9.01. The summed E-state index contributed by atoms with van der Waals surface area (Å²) in [5.41, 5.74) is 11.7. The number of carbonyl (C=O) groups is 4. The fraction of sp³-hybridized carbons (Fsp3) is 0.474. The molecule has 9 heteroatoms. The first-order chi connectivity index (χ1) is 13.1. The van der Waals surface area contributed by atoms with Gasteiger partial charge in [-0.05, 0) is 17.9 Å². The van der Waals surface area contributed by atoms with E-state index in [0.29, 0.717) is 12.0 Å². The third-order valence-electron chi connectivity index (χ3n) is 4.00. The normalized spacial score (nSPS) is 14.0. The standard InChI is InChI=1S/C19H28N4O5/c1-11(2)8-13(20)17(25)22-14(10-16(21)24)18(26)23-15(19(27)28)9-12-6-4-3-5-7-12/h3-7,11,13-15H,8-10,20H2,1-2H3,(H2,21,24)(H,22,25)(H,23,26)(H,27,28)/t13-,14-,15-/m0/s1. The number of hydrogen-bond donors (Lipinski definition) is 5. The van der Waals surface area contributed by atoms with E-state index in [1.165, 1.54) is 0 Å². The summed E-state index contributed by atoms with van der Waals surface area (Å²) in [6, 6.07) is 5.36. The lowest BCUT2D eigenvalue weighted by Crippen LogP contribution is -2.55. The molecular weight excluding hydrogens is 364 g/mol. The second-order valence-corrected chi connectivity index (χ2v) is 7.06. The Balaban J connectivity index is 2.84. The lowest BCUT2D eigenvalue weighted by Gasteiger charge is -2.22. The van der Waals surface area contributed by atoms with Gasteiger partial charge in [0, 0.05) is 6.42 Å². The molecule has 9 nitrogen and oxygen atoms in total. The highest BCUT2D eigenvalue weighted by molar-refractivity contribution is 5.94. The highest BCUT2D eigenvalue weighted by Gasteiger charge is 2.29. The van der Waals surface area contributed by atoms with Crippen molar-refractivity contribution >= 4 is 23.7 Å². The van der Waals surface area contributed by atoms with Gasteiger partial charge in [-0.3, -0.25) is 14.4 Å². The van der Waals surface area contributed by atoms with Gasteiger partial charge in [0.25, 0.3) is 0 Å². The summed E-state index contributed by atoms with van der Waals surface area (Å²) in [4.78, 5) is 47.5. The second-order valence-electron chi connectivity index (χ2n) is 7.06. The number of aliphatic carboxylic acids is 1. The van der Waals surface area contributed by atoms with Crippen molar-refractivity contribution in [1.82, 2.24) is 10.6 Å². The number of nitrogens with one attached hydrogen (secondary N) is 2. The first-order valence-electron chi connectivity index (χ1n) is 9.01. The average molecular weight is 392 g/mol. The molecule has 0 saturated heterocycles. The van der Waals surface area contributed by atoms with Gasteiger partial charge in [0.15, 0.2) is 0 Å².